The maximum absolute atomic E-state index is 11.9. The summed E-state index contributed by atoms with van der Waals surface area (Å²) in [5.74, 6) is -0.536. The topological polar surface area (TPSA) is 70.7 Å². The molecule has 0 aromatic heterocycles. The standard InChI is InChI=1S/C23H17NO4/c25-15-7-9-19-21(13-15)28-20-12-14(24-10-3-11-24)6-8-18(20)22(19)16-4-1-2-5-17(16)23(26)27/h1-2,4-9,12-13H,3,10-11H2,(H,26,27). The predicted molar refractivity (Wildman–Crippen MR) is 108 cm³/mol. The highest BCUT2D eigenvalue weighted by molar-refractivity contribution is 6.07. The summed E-state index contributed by atoms with van der Waals surface area (Å²) in [4.78, 5) is 26.0. The molecule has 5 rings (SSSR count). The number of hydrogen-bond acceptors (Lipinski definition) is 4. The zero-order valence-electron chi connectivity index (χ0n) is 15.0. The van der Waals surface area contributed by atoms with Gasteiger partial charge < -0.3 is 14.4 Å². The Hall–Kier alpha value is -3.60. The minimum atomic E-state index is -0.990. The normalized spacial score (nSPS) is 13.6. The van der Waals surface area contributed by atoms with Crippen LogP contribution in [0.3, 0.4) is 0 Å². The van der Waals surface area contributed by atoms with Gasteiger partial charge in [0.2, 0.25) is 0 Å². The fraction of sp³-hybridized carbons (Fsp3) is 0.130. The zero-order chi connectivity index (χ0) is 19.3. The van der Waals surface area contributed by atoms with Crippen LogP contribution in [0.15, 0.2) is 69.9 Å². The monoisotopic (exact) mass is 371 g/mol. The van der Waals surface area contributed by atoms with Gasteiger partial charge in [0.15, 0.2) is 5.43 Å². The summed E-state index contributed by atoms with van der Waals surface area (Å²) >= 11 is 0. The van der Waals surface area contributed by atoms with Gasteiger partial charge in [-0.05, 0) is 42.3 Å². The van der Waals surface area contributed by atoms with Crippen LogP contribution in [-0.2, 0) is 0 Å². The van der Waals surface area contributed by atoms with E-state index in [-0.39, 0.29) is 11.0 Å². The maximum Gasteiger partial charge on any atom is 0.336 e. The van der Waals surface area contributed by atoms with Crippen LogP contribution in [-0.4, -0.2) is 24.2 Å². The third-order valence-electron chi connectivity index (χ3n) is 5.32. The van der Waals surface area contributed by atoms with Crippen molar-refractivity contribution in [1.82, 2.24) is 0 Å². The lowest BCUT2D eigenvalue weighted by atomic mass is 9.90. The molecule has 1 fully saturated rings. The van der Waals surface area contributed by atoms with E-state index in [1.807, 2.05) is 24.3 Å². The Kier molecular flexibility index (Phi) is 3.69. The van der Waals surface area contributed by atoms with Crippen molar-refractivity contribution >= 4 is 22.6 Å². The molecule has 0 unspecified atom stereocenters. The molecule has 138 valence electrons. The van der Waals surface area contributed by atoms with Gasteiger partial charge in [0.1, 0.15) is 11.3 Å². The Balaban J connectivity index is 1.88. The van der Waals surface area contributed by atoms with Crippen molar-refractivity contribution in [3.63, 3.8) is 0 Å². The van der Waals surface area contributed by atoms with E-state index in [2.05, 4.69) is 4.90 Å². The highest BCUT2D eigenvalue weighted by Crippen LogP contribution is 2.42. The molecule has 0 atom stereocenters. The van der Waals surface area contributed by atoms with Crippen LogP contribution in [0.5, 0.6) is 0 Å². The van der Waals surface area contributed by atoms with E-state index >= 15 is 0 Å². The van der Waals surface area contributed by atoms with Crippen LogP contribution >= 0.6 is 0 Å². The molecule has 0 amide bonds. The Morgan fingerprint density at radius 2 is 1.79 bits per heavy atom. The number of carboxylic acids is 1. The third-order valence-corrected chi connectivity index (χ3v) is 5.32. The summed E-state index contributed by atoms with van der Waals surface area (Å²) in [7, 11) is 0. The summed E-state index contributed by atoms with van der Waals surface area (Å²) < 4.78 is 6.07. The van der Waals surface area contributed by atoms with Gasteiger partial charge in [0.05, 0.1) is 5.56 Å². The number of rotatable bonds is 3. The summed E-state index contributed by atoms with van der Waals surface area (Å²) in [5, 5.41) is 10.5. The molecule has 1 aliphatic carbocycles. The van der Waals surface area contributed by atoms with Crippen molar-refractivity contribution in [3.05, 3.63) is 76.5 Å². The molecule has 0 bridgehead atoms. The Morgan fingerprint density at radius 3 is 2.54 bits per heavy atom. The molecule has 2 aromatic carbocycles. The zero-order valence-corrected chi connectivity index (χ0v) is 15.0. The first-order chi connectivity index (χ1) is 13.6. The van der Waals surface area contributed by atoms with Gasteiger partial charge in [-0.25, -0.2) is 4.79 Å². The number of carbonyl (C=O) groups is 1. The number of fused-ring (bicyclic) bond motifs is 2. The number of anilines is 1. The first-order valence-corrected chi connectivity index (χ1v) is 9.20. The van der Waals surface area contributed by atoms with E-state index < -0.39 is 5.97 Å². The maximum atomic E-state index is 11.9. The summed E-state index contributed by atoms with van der Waals surface area (Å²) in [6.45, 7) is 2.02. The van der Waals surface area contributed by atoms with Crippen molar-refractivity contribution in [2.45, 2.75) is 6.42 Å². The quantitative estimate of drug-likeness (QED) is 0.538. The van der Waals surface area contributed by atoms with Crippen molar-refractivity contribution < 1.29 is 14.3 Å². The lowest BCUT2D eigenvalue weighted by molar-refractivity contribution is 0.0697. The Labute approximate surface area is 160 Å². The predicted octanol–water partition coefficient (Wildman–Crippen LogP) is 4.47. The molecule has 0 saturated carbocycles. The van der Waals surface area contributed by atoms with Crippen molar-refractivity contribution in [2.24, 2.45) is 0 Å². The fourth-order valence-corrected chi connectivity index (χ4v) is 3.81. The number of benzene rings is 3. The fourth-order valence-electron chi connectivity index (χ4n) is 3.81. The highest BCUT2D eigenvalue weighted by Gasteiger charge is 2.22. The number of nitrogens with zero attached hydrogens (tertiary/aromatic N) is 1. The van der Waals surface area contributed by atoms with E-state index in [1.165, 1.54) is 18.6 Å². The largest absolute Gasteiger partial charge is 0.478 e. The average Bonchev–Trinajstić information content (AvgIpc) is 2.64. The van der Waals surface area contributed by atoms with E-state index in [9.17, 15) is 14.7 Å². The van der Waals surface area contributed by atoms with Crippen LogP contribution < -0.4 is 10.3 Å². The second kappa shape index (κ2) is 6.23. The van der Waals surface area contributed by atoms with Gasteiger partial charge in [-0.2, -0.15) is 0 Å². The van der Waals surface area contributed by atoms with E-state index in [1.54, 1.807) is 24.3 Å². The Morgan fingerprint density at radius 1 is 0.964 bits per heavy atom. The lowest BCUT2D eigenvalue weighted by Gasteiger charge is -2.33. The summed E-state index contributed by atoms with van der Waals surface area (Å²) in [5.41, 5.74) is 3.87. The molecule has 1 saturated heterocycles. The Bertz CT molecular complexity index is 1250. The van der Waals surface area contributed by atoms with Gasteiger partial charge >= 0.3 is 5.97 Å². The molecule has 1 N–H and O–H groups in total. The van der Waals surface area contributed by atoms with Crippen molar-refractivity contribution in [1.29, 1.82) is 0 Å². The molecular weight excluding hydrogens is 354 g/mol. The molecule has 3 aliphatic rings. The van der Waals surface area contributed by atoms with Gasteiger partial charge in [-0.3, -0.25) is 4.79 Å². The molecule has 0 spiro atoms. The highest BCUT2D eigenvalue weighted by atomic mass is 16.4. The average molecular weight is 371 g/mol. The molecule has 5 nitrogen and oxygen atoms in total. The molecule has 2 heterocycles. The van der Waals surface area contributed by atoms with E-state index in [4.69, 9.17) is 4.42 Å². The van der Waals surface area contributed by atoms with Crippen LogP contribution in [0, 0.1) is 0 Å². The third kappa shape index (κ3) is 2.55. The second-order valence-electron chi connectivity index (χ2n) is 7.01. The van der Waals surface area contributed by atoms with Gasteiger partial charge in [-0.15, -0.1) is 0 Å². The number of hydrogen-bond donors (Lipinski definition) is 1. The number of aromatic carboxylic acids is 1. The minimum Gasteiger partial charge on any atom is -0.478 e. The summed E-state index contributed by atoms with van der Waals surface area (Å²) in [6.07, 6.45) is 1.17. The first kappa shape index (κ1) is 16.6. The molecule has 0 radical (unpaired) electrons. The van der Waals surface area contributed by atoms with Gasteiger partial charge in [-0.1, -0.05) is 18.2 Å². The second-order valence-corrected chi connectivity index (χ2v) is 7.01. The van der Waals surface area contributed by atoms with Crippen LogP contribution in [0.1, 0.15) is 16.8 Å². The lowest BCUT2D eigenvalue weighted by Crippen LogP contribution is -2.36. The smallest absolute Gasteiger partial charge is 0.336 e. The molecule has 5 heteroatoms. The molecular formula is C23H17NO4. The van der Waals surface area contributed by atoms with Gasteiger partial charge in [0, 0.05) is 47.4 Å². The van der Waals surface area contributed by atoms with Crippen LogP contribution in [0.4, 0.5) is 5.69 Å². The number of carboxylic acid groups (broad SMARTS) is 1. The minimum absolute atomic E-state index is 0.146. The molecule has 2 aromatic rings. The first-order valence-electron chi connectivity index (χ1n) is 9.20. The molecule has 2 aliphatic heterocycles. The summed E-state index contributed by atoms with van der Waals surface area (Å²) in [6, 6.07) is 17.5. The van der Waals surface area contributed by atoms with Crippen molar-refractivity contribution in [3.8, 4) is 22.5 Å². The van der Waals surface area contributed by atoms with Crippen molar-refractivity contribution in [2.75, 3.05) is 18.0 Å². The van der Waals surface area contributed by atoms with E-state index in [0.29, 0.717) is 16.9 Å². The molecule has 28 heavy (non-hydrogen) atoms. The SMILES string of the molecule is O=C(O)c1ccccc1-c1c2ccc(=O)cc-2oc2cc(N3CCC3)ccc12. The van der Waals surface area contributed by atoms with Crippen LogP contribution in [0.2, 0.25) is 0 Å². The van der Waals surface area contributed by atoms with Crippen LogP contribution in [0.25, 0.3) is 33.4 Å². The van der Waals surface area contributed by atoms with Gasteiger partial charge in [0.25, 0.3) is 0 Å². The van der Waals surface area contributed by atoms with E-state index in [0.717, 1.165) is 35.3 Å².